The third-order valence-electron chi connectivity index (χ3n) is 19.4. The number of carbonyl (C=O) groups excluding carboxylic acids is 6. The zero-order chi connectivity index (χ0) is 68.7. The Hall–Kier alpha value is -10.2. The lowest BCUT2D eigenvalue weighted by atomic mass is 9.89. The minimum absolute atomic E-state index is 0.0607. The van der Waals surface area contributed by atoms with Gasteiger partial charge in [-0.25, -0.2) is 0 Å². The van der Waals surface area contributed by atoms with Gasteiger partial charge in [0.15, 0.2) is 0 Å². The number of hydrogen-bond donors (Lipinski definition) is 6. The van der Waals surface area contributed by atoms with E-state index in [0.717, 1.165) is 88.2 Å². The number of anilines is 4. The number of carbonyl (C=O) groups is 6. The Morgan fingerprint density at radius 1 is 0.459 bits per heavy atom. The first-order valence-electron chi connectivity index (χ1n) is 34.9. The van der Waals surface area contributed by atoms with Gasteiger partial charge < -0.3 is 41.0 Å². The van der Waals surface area contributed by atoms with Crippen LogP contribution in [0.2, 0.25) is 0 Å². The number of phenolic OH excluding ortho intramolecular Hbond substituents is 2. The van der Waals surface area contributed by atoms with E-state index in [0.29, 0.717) is 127 Å². The zero-order valence-corrected chi connectivity index (χ0v) is 56.7. The number of hydrogen-bond acceptors (Lipinski definition) is 10. The number of nitrogens with one attached hydrogen (secondary N) is 4. The molecule has 3 aliphatic carbocycles. The molecule has 2 atom stereocenters. The molecular weight excluding hydrogens is 1230 g/mol. The number of ether oxygens (including phenoxy) is 2. The molecule has 0 aliphatic heterocycles. The van der Waals surface area contributed by atoms with E-state index in [2.05, 4.69) is 35.1 Å². The van der Waals surface area contributed by atoms with Gasteiger partial charge >= 0.3 is 0 Å². The minimum atomic E-state index is -1.21. The van der Waals surface area contributed by atoms with Gasteiger partial charge in [-0.2, -0.15) is 0 Å². The van der Waals surface area contributed by atoms with Crippen molar-refractivity contribution in [1.82, 2.24) is 10.6 Å². The summed E-state index contributed by atoms with van der Waals surface area (Å²) in [6.07, 6.45) is 12.9. The highest BCUT2D eigenvalue weighted by atomic mass is 16.5. The molecule has 3 aliphatic rings. The molecule has 6 amide bonds. The lowest BCUT2D eigenvalue weighted by Crippen LogP contribution is -2.47. The van der Waals surface area contributed by atoms with Gasteiger partial charge in [-0.1, -0.05) is 150 Å². The van der Waals surface area contributed by atoms with Crippen molar-refractivity contribution in [2.75, 3.05) is 33.6 Å². The molecule has 2 unspecified atom stereocenters. The number of aromatic hydroxyl groups is 2. The highest BCUT2D eigenvalue weighted by molar-refractivity contribution is 6.11. The summed E-state index contributed by atoms with van der Waals surface area (Å²) >= 11 is 0. The summed E-state index contributed by atoms with van der Waals surface area (Å²) in [5, 5.41) is 39.0. The quantitative estimate of drug-likeness (QED) is 0.0191. The van der Waals surface area contributed by atoms with E-state index in [1.165, 1.54) is 0 Å². The number of benzene rings is 8. The SMILES string of the molecule is CCCCOc1c2cc(N(C(=O)c3ccccc3)C(C(=O)NC3CCCCC3)c3ccccc3C)cc1Cc1cc(NC=O)cc(c1O)Cc1cc(N(C(=O)c3ccccc3)C(C(=O)NC3CCCCC3)c3ccccc3C)cc(c1OCCCC)Cc1cc(NC=O)cc(c1O)C2. The van der Waals surface area contributed by atoms with Gasteiger partial charge in [0.05, 0.1) is 13.2 Å². The standard InChI is InChI=1S/C82H90N6O10/c1-5-7-37-97-77-61-39-57-43-67(83-51-89)45-59(75(57)91)41-63-49-70(88(82(96)56-29-15-10-16-30-56)74(72-36-24-22-26-54(72)4)80(94)86-66-33-19-12-20-34-66)50-64(78(63)98-38-8-6-2)42-60-46-68(84-52-90)44-58(76(60)92)40-62(77)48-69(47-61)87(81(95)55-27-13-9-14-28-55)73(71-35-23-21-25-53(71)3)79(93)85-65-31-17-11-18-32-65/h9-10,13-16,21-30,35-36,43-52,65-66,73-74,91-92H,5-8,11-12,17-20,31-34,37-42H2,1-4H3,(H,83,89)(H,84,90)(H,85,93)(H,86,94). The van der Waals surface area contributed by atoms with Crippen LogP contribution in [0.5, 0.6) is 23.0 Å². The van der Waals surface area contributed by atoms with E-state index < -0.39 is 23.9 Å². The molecule has 8 bridgehead atoms. The maximum Gasteiger partial charge on any atom is 0.259 e. The third-order valence-corrected chi connectivity index (χ3v) is 19.4. The van der Waals surface area contributed by atoms with Gasteiger partial charge in [0.2, 0.25) is 24.6 Å². The summed E-state index contributed by atoms with van der Waals surface area (Å²) in [6, 6.07) is 44.3. The largest absolute Gasteiger partial charge is 0.507 e. The summed E-state index contributed by atoms with van der Waals surface area (Å²) < 4.78 is 13.9. The van der Waals surface area contributed by atoms with Crippen LogP contribution < -0.4 is 40.5 Å². The molecule has 8 aromatic carbocycles. The number of fused-ring (bicyclic) bond motifs is 8. The Morgan fingerprint density at radius 3 is 1.10 bits per heavy atom. The van der Waals surface area contributed by atoms with Crippen LogP contribution in [0, 0.1) is 13.8 Å². The summed E-state index contributed by atoms with van der Waals surface area (Å²) in [5.74, 6) is -1.06. The first-order valence-corrected chi connectivity index (χ1v) is 34.9. The number of unbranched alkanes of at least 4 members (excludes halogenated alkanes) is 2. The second-order valence-corrected chi connectivity index (χ2v) is 26.4. The molecule has 8 aromatic rings. The van der Waals surface area contributed by atoms with Gasteiger partial charge in [-0.15, -0.1) is 0 Å². The fourth-order valence-electron chi connectivity index (χ4n) is 14.3. The summed E-state index contributed by atoms with van der Waals surface area (Å²) in [4.78, 5) is 91.7. The summed E-state index contributed by atoms with van der Waals surface area (Å²) in [6.45, 7) is 8.49. The predicted molar refractivity (Wildman–Crippen MR) is 385 cm³/mol. The monoisotopic (exact) mass is 1320 g/mol. The molecule has 0 saturated heterocycles. The van der Waals surface area contributed by atoms with Crippen molar-refractivity contribution >= 4 is 59.2 Å². The maximum atomic E-state index is 16.0. The van der Waals surface area contributed by atoms with Crippen molar-refractivity contribution in [2.24, 2.45) is 0 Å². The van der Waals surface area contributed by atoms with Crippen molar-refractivity contribution in [2.45, 2.75) is 167 Å². The molecule has 508 valence electrons. The van der Waals surface area contributed by atoms with Gasteiger partial charge in [0, 0.05) is 116 Å². The van der Waals surface area contributed by atoms with Crippen molar-refractivity contribution in [1.29, 1.82) is 0 Å². The molecule has 6 N–H and O–H groups in total. The Balaban J connectivity index is 1.19. The van der Waals surface area contributed by atoms with Crippen LogP contribution >= 0.6 is 0 Å². The van der Waals surface area contributed by atoms with Crippen LogP contribution in [0.3, 0.4) is 0 Å². The van der Waals surface area contributed by atoms with Gasteiger partial charge in [-0.05, 0) is 147 Å². The average molecular weight is 1320 g/mol. The van der Waals surface area contributed by atoms with Gasteiger partial charge in [-0.3, -0.25) is 38.6 Å². The topological polar surface area (TPSA) is 216 Å². The molecule has 11 rings (SSSR count). The number of rotatable bonds is 24. The fourth-order valence-corrected chi connectivity index (χ4v) is 14.3. The van der Waals surface area contributed by atoms with Crippen LogP contribution in [0.4, 0.5) is 22.7 Å². The smallest absolute Gasteiger partial charge is 0.259 e. The second kappa shape index (κ2) is 32.7. The second-order valence-electron chi connectivity index (χ2n) is 26.4. The summed E-state index contributed by atoms with van der Waals surface area (Å²) in [7, 11) is 0. The minimum Gasteiger partial charge on any atom is -0.507 e. The van der Waals surface area contributed by atoms with Gasteiger partial charge in [0.1, 0.15) is 35.1 Å². The highest BCUT2D eigenvalue weighted by Gasteiger charge is 2.39. The van der Waals surface area contributed by atoms with Crippen molar-refractivity contribution in [3.63, 3.8) is 0 Å². The van der Waals surface area contributed by atoms with E-state index in [1.807, 2.05) is 98.8 Å². The van der Waals surface area contributed by atoms with Crippen molar-refractivity contribution in [3.05, 3.63) is 236 Å². The average Bonchev–Trinajstić information content (AvgIpc) is 0.765. The zero-order valence-electron chi connectivity index (χ0n) is 56.7. The van der Waals surface area contributed by atoms with E-state index in [9.17, 15) is 19.8 Å². The van der Waals surface area contributed by atoms with Gasteiger partial charge in [0.25, 0.3) is 11.8 Å². The third kappa shape index (κ3) is 16.1. The molecule has 2 fully saturated rings. The van der Waals surface area contributed by atoms with E-state index in [1.54, 1.807) is 82.6 Å². The first-order chi connectivity index (χ1) is 47.7. The molecule has 2 saturated carbocycles. The molecule has 98 heavy (non-hydrogen) atoms. The lowest BCUT2D eigenvalue weighted by Gasteiger charge is -2.35. The van der Waals surface area contributed by atoms with Crippen LogP contribution in [-0.4, -0.2) is 72.0 Å². The van der Waals surface area contributed by atoms with Crippen LogP contribution in [-0.2, 0) is 44.9 Å². The first kappa shape index (κ1) is 69.1. The van der Waals surface area contributed by atoms with E-state index in [4.69, 9.17) is 9.47 Å². The molecule has 0 radical (unpaired) electrons. The predicted octanol–water partition coefficient (Wildman–Crippen LogP) is 15.6. The van der Waals surface area contributed by atoms with Crippen molar-refractivity contribution in [3.8, 4) is 23.0 Å². The fraction of sp³-hybridized carbons (Fsp3) is 0.341. The summed E-state index contributed by atoms with van der Waals surface area (Å²) in [5.41, 5.74) is 8.28. The highest BCUT2D eigenvalue weighted by Crippen LogP contribution is 2.46. The Labute approximate surface area is 575 Å². The Bertz CT molecular complexity index is 3800. The number of aryl methyl sites for hydroxylation is 2. The Morgan fingerprint density at radius 2 is 0.786 bits per heavy atom. The molecular formula is C82H90N6O10. The Kier molecular flexibility index (Phi) is 23.1. The normalized spacial score (nSPS) is 14.6. The molecule has 0 spiro atoms. The number of phenols is 2. The van der Waals surface area contributed by atoms with Crippen molar-refractivity contribution < 1.29 is 48.5 Å². The molecule has 0 aromatic heterocycles. The van der Waals surface area contributed by atoms with Crippen LogP contribution in [0.1, 0.15) is 203 Å². The van der Waals surface area contributed by atoms with Crippen LogP contribution in [0.15, 0.2) is 158 Å². The molecule has 16 heteroatoms. The lowest BCUT2D eigenvalue weighted by molar-refractivity contribution is -0.124. The van der Waals surface area contributed by atoms with E-state index >= 15 is 19.2 Å². The maximum absolute atomic E-state index is 16.0. The molecule has 16 nitrogen and oxygen atoms in total. The molecule has 0 heterocycles. The number of nitrogens with zero attached hydrogens (tertiary/aromatic N) is 2. The van der Waals surface area contributed by atoms with Crippen LogP contribution in [0.25, 0.3) is 0 Å². The number of amides is 6. The van der Waals surface area contributed by atoms with E-state index in [-0.39, 0.29) is 74.3 Å².